The summed E-state index contributed by atoms with van der Waals surface area (Å²) in [7, 11) is 0. The van der Waals surface area contributed by atoms with Crippen LogP contribution in [0.15, 0.2) is 28.1 Å². The molecule has 72 valence electrons. The first-order valence-electron chi connectivity index (χ1n) is 3.84. The lowest BCUT2D eigenvalue weighted by Crippen LogP contribution is -2.08. The van der Waals surface area contributed by atoms with Crippen molar-refractivity contribution in [1.82, 2.24) is 4.72 Å². The lowest BCUT2D eigenvalue weighted by molar-refractivity contribution is 0.209. The largest absolute Gasteiger partial charge is 0.465 e. The van der Waals surface area contributed by atoms with E-state index in [0.717, 1.165) is 10.6 Å². The third-order valence-electron chi connectivity index (χ3n) is 1.64. The Labute approximate surface area is 84.4 Å². The van der Waals surface area contributed by atoms with Crippen LogP contribution in [-0.2, 0) is 0 Å². The molecule has 0 radical (unpaired) electrons. The van der Waals surface area contributed by atoms with E-state index in [-0.39, 0.29) is 0 Å². The summed E-state index contributed by atoms with van der Waals surface area (Å²) in [5.41, 5.74) is 1.38. The van der Waals surface area contributed by atoms with E-state index in [0.29, 0.717) is 5.69 Å². The Morgan fingerprint density at radius 2 is 2.43 bits per heavy atom. The van der Waals surface area contributed by atoms with Crippen LogP contribution in [0.3, 0.4) is 0 Å². The van der Waals surface area contributed by atoms with Gasteiger partial charge < -0.3 is 9.83 Å². The van der Waals surface area contributed by atoms with E-state index in [9.17, 15) is 4.79 Å². The third kappa shape index (κ3) is 1.80. The number of benzene rings is 1. The molecule has 0 unspecified atom stereocenters. The van der Waals surface area contributed by atoms with Crippen molar-refractivity contribution in [1.29, 1.82) is 0 Å². The van der Waals surface area contributed by atoms with E-state index < -0.39 is 6.09 Å². The summed E-state index contributed by atoms with van der Waals surface area (Å²) in [6.07, 6.45) is 0.527. The summed E-state index contributed by atoms with van der Waals surface area (Å²) in [6, 6.07) is 5.18. The van der Waals surface area contributed by atoms with Gasteiger partial charge in [-0.1, -0.05) is 0 Å². The van der Waals surface area contributed by atoms with Gasteiger partial charge in [0.15, 0.2) is 0 Å². The Bertz CT molecular complexity index is 406. The molecule has 1 aromatic rings. The molecule has 1 amide bonds. The van der Waals surface area contributed by atoms with E-state index in [1.54, 1.807) is 24.5 Å². The first-order chi connectivity index (χ1) is 6.75. The maximum Gasteiger partial charge on any atom is 0.409 e. The highest BCUT2D eigenvalue weighted by Crippen LogP contribution is 2.32. The molecule has 2 rings (SSSR count). The molecule has 1 aromatic carbocycles. The minimum Gasteiger partial charge on any atom is -0.465 e. The average molecular weight is 209 g/mol. The van der Waals surface area contributed by atoms with Crippen LogP contribution >= 0.6 is 11.9 Å². The van der Waals surface area contributed by atoms with Crippen molar-refractivity contribution in [3.05, 3.63) is 18.2 Å². The second-order valence-electron chi connectivity index (χ2n) is 2.59. The van der Waals surface area contributed by atoms with E-state index in [2.05, 4.69) is 15.0 Å². The Kier molecular flexibility index (Phi) is 2.28. The normalized spacial score (nSPS) is 12.9. The highest BCUT2D eigenvalue weighted by atomic mass is 32.2. The van der Waals surface area contributed by atoms with Crippen molar-refractivity contribution in [3.8, 4) is 0 Å². The molecule has 1 aliphatic heterocycles. The zero-order valence-electron chi connectivity index (χ0n) is 7.02. The molecular formula is C8H7N3O2S. The van der Waals surface area contributed by atoms with Crippen LogP contribution in [0.5, 0.6) is 0 Å². The van der Waals surface area contributed by atoms with E-state index in [1.807, 2.05) is 0 Å². The fourth-order valence-electron chi connectivity index (χ4n) is 1.09. The monoisotopic (exact) mass is 209 g/mol. The van der Waals surface area contributed by atoms with Gasteiger partial charge in [0, 0.05) is 5.69 Å². The molecule has 0 saturated carbocycles. The van der Waals surface area contributed by atoms with Gasteiger partial charge in [-0.25, -0.2) is 9.79 Å². The van der Waals surface area contributed by atoms with Crippen molar-refractivity contribution in [2.75, 3.05) is 5.32 Å². The van der Waals surface area contributed by atoms with Crippen molar-refractivity contribution in [2.24, 2.45) is 4.99 Å². The SMILES string of the molecule is O=C(O)Nc1ccc2c(c1)SNC=N2. The van der Waals surface area contributed by atoms with Crippen LogP contribution in [0.1, 0.15) is 0 Å². The fourth-order valence-corrected chi connectivity index (χ4v) is 1.73. The van der Waals surface area contributed by atoms with Gasteiger partial charge in [0.2, 0.25) is 0 Å². The number of aliphatic imine (C=N–C) groups is 1. The topological polar surface area (TPSA) is 73.7 Å². The van der Waals surface area contributed by atoms with Crippen LogP contribution in [-0.4, -0.2) is 17.5 Å². The molecule has 0 fully saturated rings. The van der Waals surface area contributed by atoms with Crippen molar-refractivity contribution >= 4 is 35.8 Å². The Balaban J connectivity index is 2.30. The van der Waals surface area contributed by atoms with Crippen LogP contribution in [0.2, 0.25) is 0 Å². The maximum atomic E-state index is 10.4. The molecule has 3 N–H and O–H groups in total. The molecule has 0 atom stereocenters. The number of amides is 1. The van der Waals surface area contributed by atoms with Crippen LogP contribution in [0.4, 0.5) is 16.2 Å². The molecule has 0 spiro atoms. The molecule has 1 heterocycles. The second-order valence-corrected chi connectivity index (χ2v) is 3.47. The van der Waals surface area contributed by atoms with Gasteiger partial charge in [-0.2, -0.15) is 0 Å². The highest BCUT2D eigenvalue weighted by Gasteiger charge is 2.07. The summed E-state index contributed by atoms with van der Waals surface area (Å²) in [5.74, 6) is 0. The zero-order chi connectivity index (χ0) is 9.97. The van der Waals surface area contributed by atoms with E-state index >= 15 is 0 Å². The molecule has 0 aromatic heterocycles. The minimum absolute atomic E-state index is 0.544. The maximum absolute atomic E-state index is 10.4. The smallest absolute Gasteiger partial charge is 0.409 e. The number of carbonyl (C=O) groups is 1. The van der Waals surface area contributed by atoms with Gasteiger partial charge >= 0.3 is 6.09 Å². The molecule has 1 aliphatic rings. The Morgan fingerprint density at radius 3 is 3.21 bits per heavy atom. The number of hydrogen-bond donors (Lipinski definition) is 3. The molecule has 6 heteroatoms. The van der Waals surface area contributed by atoms with E-state index in [1.165, 1.54) is 11.9 Å². The zero-order valence-corrected chi connectivity index (χ0v) is 7.84. The summed E-state index contributed by atoms with van der Waals surface area (Å²) in [4.78, 5) is 15.4. The van der Waals surface area contributed by atoms with Crippen molar-refractivity contribution in [2.45, 2.75) is 4.90 Å². The third-order valence-corrected chi connectivity index (χ3v) is 2.41. The lowest BCUT2D eigenvalue weighted by Gasteiger charge is -2.11. The number of carboxylic acid groups (broad SMARTS) is 1. The van der Waals surface area contributed by atoms with Crippen molar-refractivity contribution in [3.63, 3.8) is 0 Å². The minimum atomic E-state index is -1.07. The molecule has 14 heavy (non-hydrogen) atoms. The van der Waals surface area contributed by atoms with Crippen molar-refractivity contribution < 1.29 is 9.90 Å². The van der Waals surface area contributed by atoms with Gasteiger partial charge in [-0.05, 0) is 30.1 Å². The van der Waals surface area contributed by atoms with Gasteiger partial charge in [-0.3, -0.25) is 5.32 Å². The molecule has 0 aliphatic carbocycles. The van der Waals surface area contributed by atoms with Crippen LogP contribution in [0, 0.1) is 0 Å². The first kappa shape index (κ1) is 8.89. The van der Waals surface area contributed by atoms with Crippen LogP contribution in [0.25, 0.3) is 0 Å². The average Bonchev–Trinajstić information content (AvgIpc) is 2.17. The predicted molar refractivity (Wildman–Crippen MR) is 55.2 cm³/mol. The van der Waals surface area contributed by atoms with Gasteiger partial charge in [0.05, 0.1) is 16.9 Å². The van der Waals surface area contributed by atoms with Crippen LogP contribution < -0.4 is 10.0 Å². The number of anilines is 1. The summed E-state index contributed by atoms with van der Waals surface area (Å²) in [6.45, 7) is 0. The van der Waals surface area contributed by atoms with Gasteiger partial charge in [-0.15, -0.1) is 0 Å². The second kappa shape index (κ2) is 3.59. The summed E-state index contributed by atoms with van der Waals surface area (Å²) < 4.78 is 2.87. The van der Waals surface area contributed by atoms with E-state index in [4.69, 9.17) is 5.11 Å². The Morgan fingerprint density at radius 1 is 1.57 bits per heavy atom. The molecule has 0 saturated heterocycles. The first-order valence-corrected chi connectivity index (χ1v) is 4.66. The number of rotatable bonds is 1. The fraction of sp³-hybridized carbons (Fsp3) is 0. The summed E-state index contributed by atoms with van der Waals surface area (Å²) in [5, 5.41) is 10.8. The molecule has 5 nitrogen and oxygen atoms in total. The quantitative estimate of drug-likeness (QED) is 0.619. The summed E-state index contributed by atoms with van der Waals surface area (Å²) >= 11 is 1.40. The van der Waals surface area contributed by atoms with Gasteiger partial charge in [0.1, 0.15) is 0 Å². The standard InChI is InChI=1S/C8H7N3O2S/c12-8(13)11-5-1-2-6-7(3-5)14-10-4-9-6/h1-4,11H,(H,9,10)(H,12,13). The predicted octanol–water partition coefficient (Wildman–Crippen LogP) is 2.05. The lowest BCUT2D eigenvalue weighted by atomic mass is 10.3. The number of hydrogen-bond acceptors (Lipinski definition) is 4. The highest BCUT2D eigenvalue weighted by molar-refractivity contribution is 7.98. The van der Waals surface area contributed by atoms with Gasteiger partial charge in [0.25, 0.3) is 0 Å². The number of nitrogens with one attached hydrogen (secondary N) is 2. The molecule has 0 bridgehead atoms. The Hall–Kier alpha value is -1.69. The number of nitrogens with zero attached hydrogens (tertiary/aromatic N) is 1. The molecular weight excluding hydrogens is 202 g/mol. The number of fused-ring (bicyclic) bond motifs is 1.